The number of amides is 1. The van der Waals surface area contributed by atoms with Gasteiger partial charge in [0.1, 0.15) is 18.1 Å². The molecule has 0 radical (unpaired) electrons. The van der Waals surface area contributed by atoms with Gasteiger partial charge in [-0.05, 0) is 42.2 Å². The lowest BCUT2D eigenvalue weighted by molar-refractivity contribution is -0.136. The first-order chi connectivity index (χ1) is 12.7. The van der Waals surface area contributed by atoms with Crippen LogP contribution >= 0.6 is 0 Å². The van der Waals surface area contributed by atoms with Crippen molar-refractivity contribution in [2.24, 2.45) is 11.7 Å². The van der Waals surface area contributed by atoms with Crippen molar-refractivity contribution in [2.75, 3.05) is 33.4 Å². The highest BCUT2D eigenvalue weighted by atomic mass is 16.5. The summed E-state index contributed by atoms with van der Waals surface area (Å²) in [4.78, 5) is 14.9. The Kier molecular flexibility index (Phi) is 6.12. The fraction of sp³-hybridized carbons (Fsp3) is 0.381. The molecule has 0 fully saturated rings. The van der Waals surface area contributed by atoms with Gasteiger partial charge in [-0.15, -0.1) is 0 Å². The van der Waals surface area contributed by atoms with E-state index >= 15 is 0 Å². The molecule has 0 aliphatic carbocycles. The van der Waals surface area contributed by atoms with E-state index in [1.54, 1.807) is 7.11 Å². The highest BCUT2D eigenvalue weighted by Crippen LogP contribution is 2.31. The summed E-state index contributed by atoms with van der Waals surface area (Å²) in [5.74, 6) is 1.55. The van der Waals surface area contributed by atoms with E-state index in [1.807, 2.05) is 41.3 Å². The lowest BCUT2D eigenvalue weighted by Crippen LogP contribution is -2.44. The second-order valence-electron chi connectivity index (χ2n) is 6.54. The minimum atomic E-state index is -0.183. The molecule has 0 saturated carbocycles. The van der Waals surface area contributed by atoms with Crippen molar-refractivity contribution in [3.05, 3.63) is 59.7 Å². The van der Waals surface area contributed by atoms with Crippen molar-refractivity contribution in [3.63, 3.8) is 0 Å². The van der Waals surface area contributed by atoms with Gasteiger partial charge in [0, 0.05) is 19.6 Å². The number of carbonyl (C=O) groups excluding carboxylic acids is 1. The van der Waals surface area contributed by atoms with Gasteiger partial charge in [-0.2, -0.15) is 0 Å². The van der Waals surface area contributed by atoms with E-state index in [0.717, 1.165) is 23.5 Å². The average Bonchev–Trinajstić information content (AvgIpc) is 2.70. The lowest BCUT2D eigenvalue weighted by atomic mass is 9.95. The SMILES string of the molecule is COc1ccc2c(c1)CC(C(=O)N(CCN)CCc1ccccc1)CO2. The summed E-state index contributed by atoms with van der Waals surface area (Å²) in [6.07, 6.45) is 1.49. The third kappa shape index (κ3) is 4.35. The van der Waals surface area contributed by atoms with E-state index in [-0.39, 0.29) is 11.8 Å². The molecule has 0 bridgehead atoms. The Labute approximate surface area is 154 Å². The van der Waals surface area contributed by atoms with E-state index in [2.05, 4.69) is 12.1 Å². The molecule has 5 heteroatoms. The molecule has 0 spiro atoms. The van der Waals surface area contributed by atoms with Crippen LogP contribution in [0.1, 0.15) is 11.1 Å². The topological polar surface area (TPSA) is 64.8 Å². The molecule has 1 heterocycles. The number of nitrogens with two attached hydrogens (primary N) is 1. The van der Waals surface area contributed by atoms with Gasteiger partial charge in [-0.3, -0.25) is 4.79 Å². The fourth-order valence-corrected chi connectivity index (χ4v) is 3.31. The van der Waals surface area contributed by atoms with Crippen LogP contribution in [-0.2, 0) is 17.6 Å². The Morgan fingerprint density at radius 3 is 2.77 bits per heavy atom. The molecule has 0 aromatic heterocycles. The molecule has 26 heavy (non-hydrogen) atoms. The van der Waals surface area contributed by atoms with Gasteiger partial charge in [0.05, 0.1) is 13.0 Å². The minimum Gasteiger partial charge on any atom is -0.497 e. The van der Waals surface area contributed by atoms with Crippen molar-refractivity contribution in [1.29, 1.82) is 0 Å². The summed E-state index contributed by atoms with van der Waals surface area (Å²) in [6.45, 7) is 2.09. The molecule has 2 N–H and O–H groups in total. The number of hydrogen-bond donors (Lipinski definition) is 1. The van der Waals surface area contributed by atoms with E-state index in [1.165, 1.54) is 5.56 Å². The molecule has 1 unspecified atom stereocenters. The van der Waals surface area contributed by atoms with Gasteiger partial charge in [-0.1, -0.05) is 30.3 Å². The van der Waals surface area contributed by atoms with Gasteiger partial charge >= 0.3 is 0 Å². The van der Waals surface area contributed by atoms with E-state index in [9.17, 15) is 4.79 Å². The van der Waals surface area contributed by atoms with Crippen LogP contribution in [-0.4, -0.2) is 44.2 Å². The molecule has 5 nitrogen and oxygen atoms in total. The van der Waals surface area contributed by atoms with Crippen LogP contribution in [0, 0.1) is 5.92 Å². The number of methoxy groups -OCH3 is 1. The van der Waals surface area contributed by atoms with Gasteiger partial charge < -0.3 is 20.1 Å². The Balaban J connectivity index is 1.66. The molecular weight excluding hydrogens is 328 g/mol. The molecule has 1 amide bonds. The maximum atomic E-state index is 13.0. The van der Waals surface area contributed by atoms with Crippen LogP contribution in [0.15, 0.2) is 48.5 Å². The standard InChI is InChI=1S/C21H26N2O3/c1-25-19-7-8-20-17(14-19)13-18(15-26-20)21(24)23(12-10-22)11-9-16-5-3-2-4-6-16/h2-8,14,18H,9-13,15,22H2,1H3. The molecule has 1 aliphatic rings. The zero-order valence-electron chi connectivity index (χ0n) is 15.2. The summed E-state index contributed by atoms with van der Waals surface area (Å²) in [5, 5.41) is 0. The van der Waals surface area contributed by atoms with Crippen molar-refractivity contribution >= 4 is 5.91 Å². The Morgan fingerprint density at radius 1 is 1.23 bits per heavy atom. The molecule has 1 aliphatic heterocycles. The second-order valence-corrected chi connectivity index (χ2v) is 6.54. The third-order valence-corrected chi connectivity index (χ3v) is 4.75. The zero-order valence-corrected chi connectivity index (χ0v) is 15.2. The number of hydrogen-bond acceptors (Lipinski definition) is 4. The third-order valence-electron chi connectivity index (χ3n) is 4.75. The second kappa shape index (κ2) is 8.72. The Morgan fingerprint density at radius 2 is 2.04 bits per heavy atom. The van der Waals surface area contributed by atoms with Crippen LogP contribution in [0.4, 0.5) is 0 Å². The molecule has 1 atom stereocenters. The van der Waals surface area contributed by atoms with Crippen molar-refractivity contribution in [2.45, 2.75) is 12.8 Å². The number of carbonyl (C=O) groups is 1. The molecule has 2 aromatic rings. The number of nitrogens with zero attached hydrogens (tertiary/aromatic N) is 1. The maximum Gasteiger partial charge on any atom is 0.229 e. The van der Waals surface area contributed by atoms with E-state index in [4.69, 9.17) is 15.2 Å². The highest BCUT2D eigenvalue weighted by molar-refractivity contribution is 5.80. The van der Waals surface area contributed by atoms with Gasteiger partial charge in [0.25, 0.3) is 0 Å². The lowest BCUT2D eigenvalue weighted by Gasteiger charge is -2.30. The first-order valence-corrected chi connectivity index (χ1v) is 9.03. The Hall–Kier alpha value is -2.53. The van der Waals surface area contributed by atoms with Crippen molar-refractivity contribution < 1.29 is 14.3 Å². The summed E-state index contributed by atoms with van der Waals surface area (Å²) in [7, 11) is 1.64. The number of rotatable bonds is 7. The van der Waals surface area contributed by atoms with Crippen LogP contribution in [0.5, 0.6) is 11.5 Å². The Bertz CT molecular complexity index is 733. The van der Waals surface area contributed by atoms with Gasteiger partial charge in [-0.25, -0.2) is 0 Å². The van der Waals surface area contributed by atoms with Gasteiger partial charge in [0.15, 0.2) is 0 Å². The summed E-state index contributed by atoms with van der Waals surface area (Å²) in [5.41, 5.74) is 7.98. The quantitative estimate of drug-likeness (QED) is 0.828. The zero-order chi connectivity index (χ0) is 18.4. The molecule has 138 valence electrons. The van der Waals surface area contributed by atoms with Crippen LogP contribution in [0.3, 0.4) is 0 Å². The first-order valence-electron chi connectivity index (χ1n) is 9.03. The van der Waals surface area contributed by atoms with Crippen molar-refractivity contribution in [3.8, 4) is 11.5 Å². The highest BCUT2D eigenvalue weighted by Gasteiger charge is 2.29. The smallest absolute Gasteiger partial charge is 0.229 e. The van der Waals surface area contributed by atoms with Crippen LogP contribution < -0.4 is 15.2 Å². The normalized spacial score (nSPS) is 15.7. The average molecular weight is 354 g/mol. The molecule has 2 aromatic carbocycles. The summed E-state index contributed by atoms with van der Waals surface area (Å²) >= 11 is 0. The van der Waals surface area contributed by atoms with E-state index < -0.39 is 0 Å². The van der Waals surface area contributed by atoms with Crippen LogP contribution in [0.2, 0.25) is 0 Å². The predicted molar refractivity (Wildman–Crippen MR) is 101 cm³/mol. The largest absolute Gasteiger partial charge is 0.497 e. The molecule has 0 saturated heterocycles. The number of benzene rings is 2. The van der Waals surface area contributed by atoms with Crippen molar-refractivity contribution in [1.82, 2.24) is 4.90 Å². The monoisotopic (exact) mass is 354 g/mol. The number of ether oxygens (including phenoxy) is 2. The molecular formula is C21H26N2O3. The van der Waals surface area contributed by atoms with E-state index in [0.29, 0.717) is 32.7 Å². The first kappa shape index (κ1) is 18.3. The van der Waals surface area contributed by atoms with Crippen LogP contribution in [0.25, 0.3) is 0 Å². The van der Waals surface area contributed by atoms with Gasteiger partial charge in [0.2, 0.25) is 5.91 Å². The fourth-order valence-electron chi connectivity index (χ4n) is 3.31. The minimum absolute atomic E-state index is 0.111. The summed E-state index contributed by atoms with van der Waals surface area (Å²) < 4.78 is 11.1. The summed E-state index contributed by atoms with van der Waals surface area (Å²) in [6, 6.07) is 15.9. The number of fused-ring (bicyclic) bond motifs is 1. The maximum absolute atomic E-state index is 13.0. The predicted octanol–water partition coefficient (Wildman–Crippen LogP) is 2.28. The molecule has 3 rings (SSSR count).